The quantitative estimate of drug-likeness (QED) is 0.797. The molecule has 140 valence electrons. The van der Waals surface area contributed by atoms with Gasteiger partial charge in [-0.1, -0.05) is 6.07 Å². The Hall–Kier alpha value is -1.61. The lowest BCUT2D eigenvalue weighted by atomic mass is 10.3. The monoisotopic (exact) mass is 394 g/mol. The summed E-state index contributed by atoms with van der Waals surface area (Å²) in [5, 5.41) is 2.07. The van der Waals surface area contributed by atoms with Gasteiger partial charge in [-0.25, -0.2) is 8.42 Å². The molecule has 0 N–H and O–H groups in total. The van der Waals surface area contributed by atoms with Crippen molar-refractivity contribution in [2.45, 2.75) is 17.9 Å². The van der Waals surface area contributed by atoms with Crippen LogP contribution in [-0.4, -0.2) is 57.0 Å². The molecule has 2 aliphatic heterocycles. The van der Waals surface area contributed by atoms with Crippen molar-refractivity contribution in [1.82, 2.24) is 9.21 Å². The molecule has 6 nitrogen and oxygen atoms in total. The van der Waals surface area contributed by atoms with Crippen LogP contribution in [0.1, 0.15) is 11.3 Å². The van der Waals surface area contributed by atoms with Crippen molar-refractivity contribution in [2.24, 2.45) is 0 Å². The van der Waals surface area contributed by atoms with Crippen LogP contribution in [-0.2, 0) is 16.6 Å². The van der Waals surface area contributed by atoms with Gasteiger partial charge in [0, 0.05) is 50.1 Å². The molecule has 1 aromatic carbocycles. The number of fused-ring (bicyclic) bond motifs is 1. The largest absolute Gasteiger partial charge is 0.490 e. The Bertz CT molecular complexity index is 844. The number of benzene rings is 1. The van der Waals surface area contributed by atoms with Crippen molar-refractivity contribution in [1.29, 1.82) is 0 Å². The van der Waals surface area contributed by atoms with Crippen LogP contribution in [0.15, 0.2) is 40.6 Å². The minimum atomic E-state index is -3.52. The lowest BCUT2D eigenvalue weighted by Gasteiger charge is -2.33. The highest BCUT2D eigenvalue weighted by Gasteiger charge is 2.29. The predicted molar refractivity (Wildman–Crippen MR) is 100 cm³/mol. The van der Waals surface area contributed by atoms with Gasteiger partial charge in [0.25, 0.3) is 0 Å². The third-order valence-electron chi connectivity index (χ3n) is 4.65. The van der Waals surface area contributed by atoms with E-state index in [1.54, 1.807) is 33.8 Å². The molecular formula is C18H22N2O4S2. The molecule has 1 aromatic heterocycles. The van der Waals surface area contributed by atoms with Crippen LogP contribution in [0.3, 0.4) is 0 Å². The van der Waals surface area contributed by atoms with E-state index in [0.717, 1.165) is 26.1 Å². The van der Waals surface area contributed by atoms with E-state index in [2.05, 4.69) is 16.3 Å². The Morgan fingerprint density at radius 2 is 1.77 bits per heavy atom. The fraction of sp³-hybridized carbons (Fsp3) is 0.444. The van der Waals surface area contributed by atoms with Gasteiger partial charge in [0.05, 0.1) is 18.1 Å². The van der Waals surface area contributed by atoms with Crippen LogP contribution in [0.4, 0.5) is 0 Å². The Labute approximate surface area is 158 Å². The predicted octanol–water partition coefficient (Wildman–Crippen LogP) is 2.42. The molecule has 0 atom stereocenters. The fourth-order valence-electron chi connectivity index (χ4n) is 3.20. The Balaban J connectivity index is 1.45. The first-order valence-electron chi connectivity index (χ1n) is 8.77. The molecule has 0 radical (unpaired) electrons. The second-order valence-electron chi connectivity index (χ2n) is 6.42. The van der Waals surface area contributed by atoms with Crippen LogP contribution in [0.5, 0.6) is 11.5 Å². The highest BCUT2D eigenvalue weighted by molar-refractivity contribution is 7.89. The number of ether oxygens (including phenoxy) is 2. The summed E-state index contributed by atoms with van der Waals surface area (Å²) < 4.78 is 38.8. The van der Waals surface area contributed by atoms with E-state index >= 15 is 0 Å². The molecular weight excluding hydrogens is 372 g/mol. The highest BCUT2D eigenvalue weighted by atomic mass is 32.2. The maximum absolute atomic E-state index is 13.0. The van der Waals surface area contributed by atoms with Gasteiger partial charge >= 0.3 is 0 Å². The zero-order valence-corrected chi connectivity index (χ0v) is 16.1. The third kappa shape index (κ3) is 3.73. The molecule has 26 heavy (non-hydrogen) atoms. The fourth-order valence-corrected chi connectivity index (χ4v) is 5.39. The molecule has 3 heterocycles. The topological polar surface area (TPSA) is 59.1 Å². The third-order valence-corrected chi connectivity index (χ3v) is 7.40. The van der Waals surface area contributed by atoms with Crippen LogP contribution >= 0.6 is 11.3 Å². The number of hydrogen-bond acceptors (Lipinski definition) is 6. The number of nitrogens with zero attached hydrogens (tertiary/aromatic N) is 2. The molecule has 2 aromatic rings. The van der Waals surface area contributed by atoms with Crippen molar-refractivity contribution in [3.05, 3.63) is 40.6 Å². The Morgan fingerprint density at radius 3 is 2.50 bits per heavy atom. The Kier molecular flexibility index (Phi) is 5.17. The number of sulfonamides is 1. The summed E-state index contributed by atoms with van der Waals surface area (Å²) >= 11 is 1.74. The molecule has 1 saturated heterocycles. The average molecular weight is 395 g/mol. The normalized spacial score (nSPS) is 19.2. The number of thiophene rings is 1. The van der Waals surface area contributed by atoms with Gasteiger partial charge in [0.1, 0.15) is 0 Å². The summed E-state index contributed by atoms with van der Waals surface area (Å²) in [7, 11) is -3.52. The Morgan fingerprint density at radius 1 is 1.00 bits per heavy atom. The molecule has 0 unspecified atom stereocenters. The summed E-state index contributed by atoms with van der Waals surface area (Å²) in [4.78, 5) is 3.88. The molecule has 0 aliphatic carbocycles. The van der Waals surface area contributed by atoms with Crippen molar-refractivity contribution in [3.8, 4) is 11.5 Å². The van der Waals surface area contributed by atoms with Gasteiger partial charge in [0.15, 0.2) is 11.5 Å². The van der Waals surface area contributed by atoms with Gasteiger partial charge < -0.3 is 9.47 Å². The average Bonchev–Trinajstić information content (AvgIpc) is 3.04. The summed E-state index contributed by atoms with van der Waals surface area (Å²) in [6.45, 7) is 4.49. The second kappa shape index (κ2) is 7.56. The number of rotatable bonds is 4. The van der Waals surface area contributed by atoms with Crippen LogP contribution < -0.4 is 9.47 Å². The molecule has 0 saturated carbocycles. The maximum Gasteiger partial charge on any atom is 0.243 e. The summed E-state index contributed by atoms with van der Waals surface area (Å²) in [6.07, 6.45) is 0.795. The number of hydrogen-bond donors (Lipinski definition) is 0. The van der Waals surface area contributed by atoms with Gasteiger partial charge in [-0.15, -0.1) is 11.3 Å². The van der Waals surface area contributed by atoms with Gasteiger partial charge in [-0.2, -0.15) is 4.31 Å². The van der Waals surface area contributed by atoms with Crippen LogP contribution in [0.2, 0.25) is 0 Å². The van der Waals surface area contributed by atoms with Crippen molar-refractivity contribution in [2.75, 3.05) is 39.4 Å². The second-order valence-corrected chi connectivity index (χ2v) is 9.39. The molecule has 8 heteroatoms. The van der Waals surface area contributed by atoms with E-state index < -0.39 is 10.0 Å². The van der Waals surface area contributed by atoms with Gasteiger partial charge in [-0.3, -0.25) is 4.90 Å². The van der Waals surface area contributed by atoms with E-state index in [-0.39, 0.29) is 4.90 Å². The molecule has 0 bridgehead atoms. The summed E-state index contributed by atoms with van der Waals surface area (Å²) in [5.74, 6) is 1.13. The van der Waals surface area contributed by atoms with Crippen molar-refractivity contribution >= 4 is 21.4 Å². The first kappa shape index (κ1) is 17.8. The summed E-state index contributed by atoms with van der Waals surface area (Å²) in [6, 6.07) is 9.06. The lowest BCUT2D eigenvalue weighted by Crippen LogP contribution is -2.48. The lowest BCUT2D eigenvalue weighted by molar-refractivity contribution is 0.183. The maximum atomic E-state index is 13.0. The van der Waals surface area contributed by atoms with Gasteiger partial charge in [0.2, 0.25) is 10.0 Å². The number of piperazine rings is 1. The first-order valence-corrected chi connectivity index (χ1v) is 11.1. The van der Waals surface area contributed by atoms with E-state index in [4.69, 9.17) is 9.47 Å². The minimum Gasteiger partial charge on any atom is -0.490 e. The van der Waals surface area contributed by atoms with E-state index in [1.165, 1.54) is 4.88 Å². The zero-order valence-electron chi connectivity index (χ0n) is 14.5. The summed E-state index contributed by atoms with van der Waals surface area (Å²) in [5.41, 5.74) is 0. The molecule has 4 rings (SSSR count). The van der Waals surface area contributed by atoms with Crippen molar-refractivity contribution in [3.63, 3.8) is 0 Å². The van der Waals surface area contributed by atoms with Crippen LogP contribution in [0.25, 0.3) is 0 Å². The molecule has 2 aliphatic rings. The SMILES string of the molecule is O=S(=O)(c1ccc2c(c1)OCCCO2)N1CCN(Cc2cccs2)CC1. The van der Waals surface area contributed by atoms with Gasteiger partial charge in [-0.05, 0) is 23.6 Å². The van der Waals surface area contributed by atoms with E-state index in [1.807, 2.05) is 6.07 Å². The molecule has 0 spiro atoms. The molecule has 1 fully saturated rings. The van der Waals surface area contributed by atoms with E-state index in [9.17, 15) is 8.42 Å². The van der Waals surface area contributed by atoms with E-state index in [0.29, 0.717) is 37.8 Å². The van der Waals surface area contributed by atoms with Crippen molar-refractivity contribution < 1.29 is 17.9 Å². The van der Waals surface area contributed by atoms with Crippen LogP contribution in [0, 0.1) is 0 Å². The standard InChI is InChI=1S/C18H22N2O4S2/c21-26(22,16-4-5-17-18(13-16)24-11-2-10-23-17)20-8-6-19(7-9-20)14-15-3-1-12-25-15/h1,3-5,12-13H,2,6-11,14H2. The zero-order chi connectivity index (χ0) is 18.0. The highest BCUT2D eigenvalue weighted by Crippen LogP contribution is 2.33. The smallest absolute Gasteiger partial charge is 0.243 e. The minimum absolute atomic E-state index is 0.272. The molecule has 0 amide bonds. The first-order chi connectivity index (χ1) is 12.6.